The Morgan fingerprint density at radius 3 is 2.20 bits per heavy atom. The van der Waals surface area contributed by atoms with E-state index in [2.05, 4.69) is 36.6 Å². The van der Waals surface area contributed by atoms with Crippen LogP contribution in [0.5, 0.6) is 5.75 Å². The fourth-order valence-corrected chi connectivity index (χ4v) is 3.02. The zero-order valence-electron chi connectivity index (χ0n) is 10.3. The number of ether oxygens (including phenoxy) is 2. The molecular weight excluding hydrogens is 428 g/mol. The average molecular weight is 440 g/mol. The molecule has 114 valence electrons. The molecule has 1 aromatic rings. The first-order valence-corrected chi connectivity index (χ1v) is 7.76. The molecule has 0 radical (unpaired) electrons. The smallest absolute Gasteiger partial charge is 0.411 e. The van der Waals surface area contributed by atoms with Crippen molar-refractivity contribution >= 4 is 43.5 Å². The minimum absolute atomic E-state index is 0.00544. The van der Waals surface area contributed by atoms with Crippen molar-refractivity contribution in [1.29, 1.82) is 0 Å². The molecule has 0 aliphatic carbocycles. The van der Waals surface area contributed by atoms with Crippen molar-refractivity contribution in [3.8, 4) is 5.75 Å². The Balaban J connectivity index is 2.36. The number of hydrogen-bond acceptors (Lipinski definition) is 2. The molecule has 0 saturated heterocycles. The van der Waals surface area contributed by atoms with E-state index in [4.69, 9.17) is 16.3 Å². The van der Waals surface area contributed by atoms with Gasteiger partial charge in [-0.05, 0) is 49.6 Å². The van der Waals surface area contributed by atoms with Crippen LogP contribution in [0.15, 0.2) is 21.1 Å². The second kappa shape index (κ2) is 8.46. The second-order valence-electron chi connectivity index (χ2n) is 3.89. The van der Waals surface area contributed by atoms with Gasteiger partial charge in [-0.25, -0.2) is 0 Å². The van der Waals surface area contributed by atoms with Crippen molar-refractivity contribution in [3.63, 3.8) is 0 Å². The summed E-state index contributed by atoms with van der Waals surface area (Å²) in [5.74, 6) is 0.970. The number of rotatable bonds is 7. The quantitative estimate of drug-likeness (QED) is 0.423. The molecule has 0 unspecified atom stereocenters. The van der Waals surface area contributed by atoms with Crippen LogP contribution in [-0.2, 0) is 10.6 Å². The van der Waals surface area contributed by atoms with Gasteiger partial charge < -0.3 is 9.47 Å². The molecule has 0 saturated carbocycles. The fourth-order valence-electron chi connectivity index (χ4n) is 1.35. The van der Waals surface area contributed by atoms with E-state index in [1.54, 1.807) is 0 Å². The van der Waals surface area contributed by atoms with Gasteiger partial charge in [0.15, 0.2) is 0 Å². The van der Waals surface area contributed by atoms with Gasteiger partial charge in [-0.15, -0.1) is 11.6 Å². The van der Waals surface area contributed by atoms with Gasteiger partial charge in [0.2, 0.25) is 0 Å². The molecular formula is C12H12Br2ClF3O2. The van der Waals surface area contributed by atoms with E-state index in [0.29, 0.717) is 18.1 Å². The first-order chi connectivity index (χ1) is 9.33. The molecule has 0 fully saturated rings. The van der Waals surface area contributed by atoms with Gasteiger partial charge in [-0.3, -0.25) is 0 Å². The van der Waals surface area contributed by atoms with Crippen LogP contribution >= 0.6 is 43.5 Å². The molecule has 0 aromatic heterocycles. The lowest BCUT2D eigenvalue weighted by atomic mass is 10.2. The summed E-state index contributed by atoms with van der Waals surface area (Å²) in [4.78, 5) is 0. The minimum Gasteiger partial charge on any atom is -0.491 e. The standard InChI is InChI=1S/C12H12Br2ClF3O2/c13-9-4-8(6-15)5-10(14)11(9)20-3-1-2-19-7-12(16,17)18/h4-5H,1-3,6-7H2. The van der Waals surface area contributed by atoms with Crippen LogP contribution < -0.4 is 4.74 Å². The average Bonchev–Trinajstić information content (AvgIpc) is 2.34. The van der Waals surface area contributed by atoms with E-state index in [9.17, 15) is 13.2 Å². The molecule has 0 aliphatic heterocycles. The van der Waals surface area contributed by atoms with Crippen LogP contribution in [0, 0.1) is 0 Å². The van der Waals surface area contributed by atoms with Gasteiger partial charge in [0, 0.05) is 12.3 Å². The van der Waals surface area contributed by atoms with Crippen molar-refractivity contribution in [1.82, 2.24) is 0 Å². The molecule has 0 aliphatic rings. The highest BCUT2D eigenvalue weighted by atomic mass is 79.9. The highest BCUT2D eigenvalue weighted by Crippen LogP contribution is 2.35. The summed E-state index contributed by atoms with van der Waals surface area (Å²) >= 11 is 12.4. The van der Waals surface area contributed by atoms with Crippen molar-refractivity contribution in [2.24, 2.45) is 0 Å². The third-order valence-corrected chi connectivity index (χ3v) is 3.64. The van der Waals surface area contributed by atoms with Crippen LogP contribution in [0.1, 0.15) is 12.0 Å². The molecule has 0 spiro atoms. The lowest BCUT2D eigenvalue weighted by molar-refractivity contribution is -0.174. The summed E-state index contributed by atoms with van der Waals surface area (Å²) in [6, 6.07) is 3.65. The number of halogens is 6. The van der Waals surface area contributed by atoms with Gasteiger partial charge in [-0.1, -0.05) is 0 Å². The highest BCUT2D eigenvalue weighted by Gasteiger charge is 2.27. The zero-order chi connectivity index (χ0) is 15.2. The lowest BCUT2D eigenvalue weighted by Crippen LogP contribution is -2.18. The number of alkyl halides is 4. The van der Waals surface area contributed by atoms with Gasteiger partial charge in [0.05, 0.1) is 22.2 Å². The van der Waals surface area contributed by atoms with E-state index in [1.807, 2.05) is 12.1 Å². The van der Waals surface area contributed by atoms with E-state index >= 15 is 0 Å². The van der Waals surface area contributed by atoms with Gasteiger partial charge in [0.25, 0.3) is 0 Å². The molecule has 0 amide bonds. The molecule has 1 rings (SSSR count). The molecule has 0 atom stereocenters. The molecule has 20 heavy (non-hydrogen) atoms. The Labute approximate surface area is 136 Å². The zero-order valence-corrected chi connectivity index (χ0v) is 14.2. The summed E-state index contributed by atoms with van der Waals surface area (Å²) in [5.41, 5.74) is 0.922. The second-order valence-corrected chi connectivity index (χ2v) is 5.87. The Hall–Kier alpha value is 0.0200. The SMILES string of the molecule is FC(F)(F)COCCCOc1c(Br)cc(CCl)cc1Br. The Bertz CT molecular complexity index is 418. The van der Waals surface area contributed by atoms with Gasteiger partial charge >= 0.3 is 6.18 Å². The summed E-state index contributed by atoms with van der Waals surface area (Å²) in [7, 11) is 0. The topological polar surface area (TPSA) is 18.5 Å². The normalized spacial score (nSPS) is 11.7. The Kier molecular flexibility index (Phi) is 7.64. The summed E-state index contributed by atoms with van der Waals surface area (Å²) in [5, 5.41) is 0. The van der Waals surface area contributed by atoms with Crippen molar-refractivity contribution in [2.45, 2.75) is 18.5 Å². The first-order valence-electron chi connectivity index (χ1n) is 5.64. The largest absolute Gasteiger partial charge is 0.491 e. The van der Waals surface area contributed by atoms with E-state index in [1.165, 1.54) is 0 Å². The maximum absolute atomic E-state index is 11.8. The molecule has 1 aromatic carbocycles. The first kappa shape index (κ1) is 18.1. The van der Waals surface area contributed by atoms with Gasteiger partial charge in [-0.2, -0.15) is 13.2 Å². The molecule has 0 bridgehead atoms. The van der Waals surface area contributed by atoms with Crippen LogP contribution in [-0.4, -0.2) is 26.0 Å². The molecule has 8 heteroatoms. The fraction of sp³-hybridized carbons (Fsp3) is 0.500. The van der Waals surface area contributed by atoms with Crippen LogP contribution in [0.3, 0.4) is 0 Å². The van der Waals surface area contributed by atoms with Crippen molar-refractivity contribution in [2.75, 3.05) is 19.8 Å². The van der Waals surface area contributed by atoms with E-state index in [0.717, 1.165) is 14.5 Å². The number of hydrogen-bond donors (Lipinski definition) is 0. The summed E-state index contributed by atoms with van der Waals surface area (Å²) < 4.78 is 46.9. The Morgan fingerprint density at radius 1 is 1.10 bits per heavy atom. The minimum atomic E-state index is -4.29. The lowest BCUT2D eigenvalue weighted by Gasteiger charge is -2.12. The highest BCUT2D eigenvalue weighted by molar-refractivity contribution is 9.11. The monoisotopic (exact) mass is 438 g/mol. The predicted molar refractivity (Wildman–Crippen MR) is 78.4 cm³/mol. The molecule has 0 heterocycles. The maximum atomic E-state index is 11.8. The summed E-state index contributed by atoms with van der Waals surface area (Å²) in [6.45, 7) is -0.978. The molecule has 0 N–H and O–H groups in total. The van der Waals surface area contributed by atoms with Crippen molar-refractivity contribution < 1.29 is 22.6 Å². The predicted octanol–water partition coefficient (Wildman–Crippen LogP) is 5.30. The van der Waals surface area contributed by atoms with Crippen molar-refractivity contribution in [3.05, 3.63) is 26.6 Å². The third kappa shape index (κ3) is 6.65. The van der Waals surface area contributed by atoms with Gasteiger partial charge in [0.1, 0.15) is 12.4 Å². The number of benzene rings is 1. The van der Waals surface area contributed by atoms with Crippen LogP contribution in [0.25, 0.3) is 0 Å². The Morgan fingerprint density at radius 2 is 1.70 bits per heavy atom. The van der Waals surface area contributed by atoms with Crippen LogP contribution in [0.2, 0.25) is 0 Å². The third-order valence-electron chi connectivity index (χ3n) is 2.16. The maximum Gasteiger partial charge on any atom is 0.411 e. The van der Waals surface area contributed by atoms with Crippen LogP contribution in [0.4, 0.5) is 13.2 Å². The van der Waals surface area contributed by atoms with E-state index in [-0.39, 0.29) is 13.2 Å². The molecule has 2 nitrogen and oxygen atoms in total. The van der Waals surface area contributed by atoms with E-state index < -0.39 is 12.8 Å². The summed E-state index contributed by atoms with van der Waals surface area (Å²) in [6.07, 6.45) is -3.92.